The van der Waals surface area contributed by atoms with Crippen LogP contribution in [-0.2, 0) is 33.4 Å². The molecule has 0 saturated carbocycles. The van der Waals surface area contributed by atoms with E-state index in [0.717, 1.165) is 16.8 Å². The van der Waals surface area contributed by atoms with Gasteiger partial charge < -0.3 is 19.5 Å². The van der Waals surface area contributed by atoms with Crippen molar-refractivity contribution in [1.29, 1.82) is 0 Å². The van der Waals surface area contributed by atoms with Crippen LogP contribution >= 0.6 is 12.2 Å². The third kappa shape index (κ3) is 7.56. The molecular weight excluding hydrogens is 444 g/mol. The number of sulfone groups is 1. The van der Waals surface area contributed by atoms with Gasteiger partial charge >= 0.3 is 0 Å². The standard InChI is InChI=1S/C23H36N4O3S2/c1-17(2)14-27-21(15-26(10-11-30-6)22(31)25-18(3)4)13-24-23(27)32(28,29)16-20-9-7-8-19(5)12-20/h7-9,12-13,17-18H,10-11,14-16H2,1-6H3,(H,25,31). The quantitative estimate of drug-likeness (QED) is 0.493. The first kappa shape index (κ1) is 26.3. The van der Waals surface area contributed by atoms with Crippen molar-refractivity contribution >= 4 is 27.2 Å². The van der Waals surface area contributed by atoms with E-state index >= 15 is 0 Å². The molecule has 32 heavy (non-hydrogen) atoms. The zero-order chi connectivity index (χ0) is 23.9. The summed E-state index contributed by atoms with van der Waals surface area (Å²) >= 11 is 5.59. The van der Waals surface area contributed by atoms with Crippen LogP contribution < -0.4 is 5.32 Å². The number of rotatable bonds is 11. The number of thiocarbonyl (C=S) groups is 1. The van der Waals surface area contributed by atoms with Crippen molar-refractivity contribution in [2.24, 2.45) is 5.92 Å². The minimum Gasteiger partial charge on any atom is -0.383 e. The number of methoxy groups -OCH3 is 1. The molecule has 7 nitrogen and oxygen atoms in total. The van der Waals surface area contributed by atoms with E-state index in [1.807, 2.05) is 54.5 Å². The monoisotopic (exact) mass is 480 g/mol. The van der Waals surface area contributed by atoms with Gasteiger partial charge in [-0.25, -0.2) is 13.4 Å². The number of hydrogen-bond donors (Lipinski definition) is 1. The molecule has 2 rings (SSSR count). The summed E-state index contributed by atoms with van der Waals surface area (Å²) in [6.45, 7) is 12.2. The number of nitrogens with one attached hydrogen (secondary N) is 1. The van der Waals surface area contributed by atoms with Gasteiger partial charge in [0, 0.05) is 26.2 Å². The van der Waals surface area contributed by atoms with Crippen LogP contribution in [0.2, 0.25) is 0 Å². The second kappa shape index (κ2) is 11.8. The largest absolute Gasteiger partial charge is 0.383 e. The molecule has 0 atom stereocenters. The van der Waals surface area contributed by atoms with E-state index in [1.54, 1.807) is 13.3 Å². The smallest absolute Gasteiger partial charge is 0.228 e. The zero-order valence-electron chi connectivity index (χ0n) is 20.0. The van der Waals surface area contributed by atoms with Crippen LogP contribution in [0.1, 0.15) is 44.5 Å². The van der Waals surface area contributed by atoms with E-state index < -0.39 is 9.84 Å². The SMILES string of the molecule is COCCN(Cc1cnc(S(=O)(=O)Cc2cccc(C)c2)n1CC(C)C)C(=S)NC(C)C. The Hall–Kier alpha value is -1.97. The van der Waals surface area contributed by atoms with Crippen molar-refractivity contribution in [1.82, 2.24) is 19.8 Å². The van der Waals surface area contributed by atoms with Gasteiger partial charge in [0.15, 0.2) is 5.11 Å². The average molecular weight is 481 g/mol. The Kier molecular flexibility index (Phi) is 9.66. The van der Waals surface area contributed by atoms with E-state index in [0.29, 0.717) is 31.4 Å². The van der Waals surface area contributed by atoms with Crippen molar-refractivity contribution in [2.45, 2.75) is 64.7 Å². The first-order chi connectivity index (χ1) is 15.0. The van der Waals surface area contributed by atoms with Crippen molar-refractivity contribution in [3.8, 4) is 0 Å². The van der Waals surface area contributed by atoms with Gasteiger partial charge in [-0.3, -0.25) is 0 Å². The second-order valence-corrected chi connectivity index (χ2v) is 11.1. The van der Waals surface area contributed by atoms with Gasteiger partial charge in [0.1, 0.15) is 0 Å². The number of imidazole rings is 1. The lowest BCUT2D eigenvalue weighted by atomic mass is 10.2. The lowest BCUT2D eigenvalue weighted by molar-refractivity contribution is 0.172. The fraction of sp³-hybridized carbons (Fsp3) is 0.565. The summed E-state index contributed by atoms with van der Waals surface area (Å²) in [6, 6.07) is 7.76. The molecule has 1 aromatic carbocycles. The molecule has 0 aliphatic carbocycles. The number of benzene rings is 1. The molecule has 2 aromatic rings. The molecule has 1 N–H and O–H groups in total. The molecule has 0 spiro atoms. The maximum absolute atomic E-state index is 13.3. The van der Waals surface area contributed by atoms with Crippen LogP contribution in [-0.4, -0.2) is 54.3 Å². The summed E-state index contributed by atoms with van der Waals surface area (Å²) in [4.78, 5) is 6.36. The fourth-order valence-corrected chi connectivity index (χ4v) is 5.28. The van der Waals surface area contributed by atoms with E-state index in [1.165, 1.54) is 0 Å². The Balaban J connectivity index is 2.38. The van der Waals surface area contributed by atoms with Crippen molar-refractivity contribution in [3.63, 3.8) is 0 Å². The summed E-state index contributed by atoms with van der Waals surface area (Å²) in [5, 5.41) is 3.98. The first-order valence-corrected chi connectivity index (χ1v) is 13.0. The molecule has 9 heteroatoms. The van der Waals surface area contributed by atoms with Gasteiger partial charge in [-0.2, -0.15) is 0 Å². The van der Waals surface area contributed by atoms with Gasteiger partial charge in [0.25, 0.3) is 0 Å². The third-order valence-electron chi connectivity index (χ3n) is 4.78. The number of hydrogen-bond acceptors (Lipinski definition) is 5. The molecule has 0 amide bonds. The van der Waals surface area contributed by atoms with E-state index in [4.69, 9.17) is 17.0 Å². The molecule has 0 unspecified atom stereocenters. The molecule has 0 fully saturated rings. The van der Waals surface area contributed by atoms with Gasteiger partial charge in [0.05, 0.1) is 30.8 Å². The lowest BCUT2D eigenvalue weighted by Gasteiger charge is -2.27. The van der Waals surface area contributed by atoms with Gasteiger partial charge in [-0.05, 0) is 44.5 Å². The molecule has 178 valence electrons. The van der Waals surface area contributed by atoms with Crippen LogP contribution in [0, 0.1) is 12.8 Å². The van der Waals surface area contributed by atoms with Crippen LogP contribution in [0.15, 0.2) is 35.6 Å². The molecule has 0 aliphatic rings. The van der Waals surface area contributed by atoms with Crippen molar-refractivity contribution < 1.29 is 13.2 Å². The highest BCUT2D eigenvalue weighted by Crippen LogP contribution is 2.21. The predicted molar refractivity (Wildman–Crippen MR) is 132 cm³/mol. The maximum Gasteiger partial charge on any atom is 0.228 e. The predicted octanol–water partition coefficient (Wildman–Crippen LogP) is 3.55. The summed E-state index contributed by atoms with van der Waals surface area (Å²) < 4.78 is 33.7. The first-order valence-electron chi connectivity index (χ1n) is 10.9. The summed E-state index contributed by atoms with van der Waals surface area (Å²) in [5.74, 6) is 0.174. The summed E-state index contributed by atoms with van der Waals surface area (Å²) in [6.07, 6.45) is 1.66. The Labute approximate surface area is 198 Å². The molecule has 0 saturated heterocycles. The van der Waals surface area contributed by atoms with Crippen LogP contribution in [0.3, 0.4) is 0 Å². The number of aromatic nitrogens is 2. The van der Waals surface area contributed by atoms with Gasteiger partial charge in [0.2, 0.25) is 15.0 Å². The summed E-state index contributed by atoms with van der Waals surface area (Å²) in [5.41, 5.74) is 2.60. The highest BCUT2D eigenvalue weighted by Gasteiger charge is 2.25. The Morgan fingerprint density at radius 1 is 1.28 bits per heavy atom. The third-order valence-corrected chi connectivity index (χ3v) is 6.76. The molecule has 0 bridgehead atoms. The summed E-state index contributed by atoms with van der Waals surface area (Å²) in [7, 11) is -1.97. The fourth-order valence-electron chi connectivity index (χ4n) is 3.40. The minimum atomic E-state index is -3.62. The topological polar surface area (TPSA) is 76.5 Å². The number of aryl methyl sites for hydroxylation is 1. The number of ether oxygens (including phenoxy) is 1. The van der Waals surface area contributed by atoms with E-state index in [2.05, 4.69) is 24.1 Å². The normalized spacial score (nSPS) is 11.9. The number of nitrogens with zero attached hydrogens (tertiary/aromatic N) is 3. The van der Waals surface area contributed by atoms with Gasteiger partial charge in [-0.1, -0.05) is 43.7 Å². The Morgan fingerprint density at radius 2 is 2.00 bits per heavy atom. The van der Waals surface area contributed by atoms with Crippen molar-refractivity contribution in [2.75, 3.05) is 20.3 Å². The van der Waals surface area contributed by atoms with Crippen molar-refractivity contribution in [3.05, 3.63) is 47.3 Å². The molecule has 1 heterocycles. The molecule has 1 aromatic heterocycles. The molecule has 0 radical (unpaired) electrons. The van der Waals surface area contributed by atoms with Crippen LogP contribution in [0.25, 0.3) is 0 Å². The van der Waals surface area contributed by atoms with Crippen LogP contribution in [0.4, 0.5) is 0 Å². The maximum atomic E-state index is 13.3. The lowest BCUT2D eigenvalue weighted by Crippen LogP contribution is -2.44. The molecule has 0 aliphatic heterocycles. The minimum absolute atomic E-state index is 0.0794. The highest BCUT2D eigenvalue weighted by atomic mass is 32.2. The second-order valence-electron chi connectivity index (χ2n) is 8.80. The van der Waals surface area contributed by atoms with Gasteiger partial charge in [-0.15, -0.1) is 0 Å². The Bertz CT molecular complexity index is 1000. The molecular formula is C23H36N4O3S2. The highest BCUT2D eigenvalue weighted by molar-refractivity contribution is 7.90. The van der Waals surface area contributed by atoms with E-state index in [-0.39, 0.29) is 22.9 Å². The van der Waals surface area contributed by atoms with E-state index in [9.17, 15) is 8.42 Å². The average Bonchev–Trinajstić information content (AvgIpc) is 3.06. The Morgan fingerprint density at radius 3 is 2.59 bits per heavy atom. The van der Waals surface area contributed by atoms with Crippen LogP contribution in [0.5, 0.6) is 0 Å². The zero-order valence-corrected chi connectivity index (χ0v) is 21.6.